The fourth-order valence-electron chi connectivity index (χ4n) is 2.24. The van der Waals surface area contributed by atoms with E-state index in [9.17, 15) is 14.0 Å². The fourth-order valence-corrected chi connectivity index (χ4v) is 2.24. The van der Waals surface area contributed by atoms with E-state index in [-0.39, 0.29) is 24.2 Å². The lowest BCUT2D eigenvalue weighted by Crippen LogP contribution is -2.57. The molecule has 1 aromatic rings. The van der Waals surface area contributed by atoms with Gasteiger partial charge in [0.05, 0.1) is 6.54 Å². The molecule has 1 N–H and O–H groups in total. The van der Waals surface area contributed by atoms with E-state index in [4.69, 9.17) is 0 Å². The smallest absolute Gasteiger partial charge is 0.243 e. The van der Waals surface area contributed by atoms with Crippen LogP contribution in [0.25, 0.3) is 0 Å². The van der Waals surface area contributed by atoms with Crippen LogP contribution in [0, 0.1) is 5.82 Å². The van der Waals surface area contributed by atoms with E-state index < -0.39 is 6.04 Å². The molecule has 0 saturated carbocycles. The molecular weight excluding hydrogens is 247 g/mol. The molecule has 2 amide bonds. The molecule has 1 aromatic carbocycles. The summed E-state index contributed by atoms with van der Waals surface area (Å²) < 4.78 is 12.9. The third kappa shape index (κ3) is 3.10. The third-order valence-corrected chi connectivity index (χ3v) is 3.24. The minimum absolute atomic E-state index is 0.0419. The third-order valence-electron chi connectivity index (χ3n) is 3.24. The summed E-state index contributed by atoms with van der Waals surface area (Å²) in [5.74, 6) is -0.512. The van der Waals surface area contributed by atoms with Gasteiger partial charge in [0.15, 0.2) is 0 Å². The average molecular weight is 264 g/mol. The highest BCUT2D eigenvalue weighted by Gasteiger charge is 2.33. The Morgan fingerprint density at radius 1 is 1.32 bits per heavy atom. The summed E-state index contributed by atoms with van der Waals surface area (Å²) in [7, 11) is 0. The maximum atomic E-state index is 12.9. The van der Waals surface area contributed by atoms with E-state index in [1.807, 2.05) is 6.92 Å². The molecule has 1 aliphatic rings. The largest absolute Gasteiger partial charge is 0.345 e. The van der Waals surface area contributed by atoms with E-state index in [2.05, 4.69) is 5.32 Å². The SMILES string of the molecule is CCCC1C(=O)NCC(=O)N1Cc1ccc(F)cc1. The van der Waals surface area contributed by atoms with Crippen molar-refractivity contribution in [3.63, 3.8) is 0 Å². The molecule has 19 heavy (non-hydrogen) atoms. The van der Waals surface area contributed by atoms with Crippen molar-refractivity contribution in [1.29, 1.82) is 0 Å². The Balaban J connectivity index is 2.16. The number of halogens is 1. The normalized spacial score (nSPS) is 19.5. The van der Waals surface area contributed by atoms with Gasteiger partial charge in [-0.15, -0.1) is 0 Å². The number of hydrogen-bond acceptors (Lipinski definition) is 2. The van der Waals surface area contributed by atoms with Gasteiger partial charge in [0.2, 0.25) is 11.8 Å². The highest BCUT2D eigenvalue weighted by atomic mass is 19.1. The molecule has 1 unspecified atom stereocenters. The van der Waals surface area contributed by atoms with Crippen LogP contribution in [0.4, 0.5) is 4.39 Å². The number of nitrogens with one attached hydrogen (secondary N) is 1. The van der Waals surface area contributed by atoms with Crippen LogP contribution in [0.3, 0.4) is 0 Å². The summed E-state index contributed by atoms with van der Waals surface area (Å²) in [5.41, 5.74) is 0.825. The molecule has 0 radical (unpaired) electrons. The van der Waals surface area contributed by atoms with Crippen molar-refractivity contribution in [3.05, 3.63) is 35.6 Å². The van der Waals surface area contributed by atoms with Gasteiger partial charge in [-0.3, -0.25) is 9.59 Å². The molecule has 0 bridgehead atoms. The van der Waals surface area contributed by atoms with Crippen molar-refractivity contribution in [2.75, 3.05) is 6.54 Å². The van der Waals surface area contributed by atoms with Crippen LogP contribution in [-0.4, -0.2) is 29.3 Å². The highest BCUT2D eigenvalue weighted by Crippen LogP contribution is 2.16. The topological polar surface area (TPSA) is 49.4 Å². The first-order chi connectivity index (χ1) is 9.11. The predicted molar refractivity (Wildman–Crippen MR) is 68.7 cm³/mol. The number of piperazine rings is 1. The summed E-state index contributed by atoms with van der Waals surface area (Å²) in [5, 5.41) is 2.60. The molecule has 0 aromatic heterocycles. The molecule has 0 spiro atoms. The lowest BCUT2D eigenvalue weighted by molar-refractivity contribution is -0.146. The number of hydrogen-bond donors (Lipinski definition) is 1. The zero-order valence-electron chi connectivity index (χ0n) is 10.9. The van der Waals surface area contributed by atoms with Gasteiger partial charge in [-0.1, -0.05) is 25.5 Å². The zero-order chi connectivity index (χ0) is 13.8. The highest BCUT2D eigenvalue weighted by molar-refractivity contribution is 5.94. The lowest BCUT2D eigenvalue weighted by atomic mass is 10.1. The number of rotatable bonds is 4. The first kappa shape index (κ1) is 13.5. The van der Waals surface area contributed by atoms with Gasteiger partial charge in [-0.25, -0.2) is 4.39 Å². The molecule has 1 fully saturated rings. The van der Waals surface area contributed by atoms with Crippen LogP contribution in [0.5, 0.6) is 0 Å². The van der Waals surface area contributed by atoms with E-state index in [1.54, 1.807) is 17.0 Å². The second-order valence-corrected chi connectivity index (χ2v) is 4.67. The van der Waals surface area contributed by atoms with Gasteiger partial charge in [0, 0.05) is 6.54 Å². The second-order valence-electron chi connectivity index (χ2n) is 4.67. The maximum absolute atomic E-state index is 12.9. The van der Waals surface area contributed by atoms with Gasteiger partial charge in [0.1, 0.15) is 11.9 Å². The van der Waals surface area contributed by atoms with Crippen molar-refractivity contribution in [1.82, 2.24) is 10.2 Å². The molecule has 2 rings (SSSR count). The van der Waals surface area contributed by atoms with Crippen molar-refractivity contribution in [2.45, 2.75) is 32.4 Å². The number of carbonyl (C=O) groups excluding carboxylic acids is 2. The standard InChI is InChI=1S/C14H17FN2O2/c1-2-3-12-14(19)16-8-13(18)17(12)9-10-4-6-11(15)7-5-10/h4-7,12H,2-3,8-9H2,1H3,(H,16,19). The Labute approximate surface area is 111 Å². The predicted octanol–water partition coefficient (Wildman–Crippen LogP) is 1.45. The minimum Gasteiger partial charge on any atom is -0.345 e. The first-order valence-electron chi connectivity index (χ1n) is 6.43. The van der Waals surface area contributed by atoms with Crippen molar-refractivity contribution in [3.8, 4) is 0 Å². The van der Waals surface area contributed by atoms with E-state index in [0.717, 1.165) is 12.0 Å². The van der Waals surface area contributed by atoms with Crippen LogP contribution < -0.4 is 5.32 Å². The summed E-state index contributed by atoms with van der Waals surface area (Å²) in [6.45, 7) is 2.36. The van der Waals surface area contributed by atoms with Crippen LogP contribution in [0.15, 0.2) is 24.3 Å². The minimum atomic E-state index is -0.420. The Kier molecular flexibility index (Phi) is 4.14. The average Bonchev–Trinajstić information content (AvgIpc) is 2.40. The van der Waals surface area contributed by atoms with E-state index in [1.165, 1.54) is 12.1 Å². The summed E-state index contributed by atoms with van der Waals surface area (Å²) in [4.78, 5) is 25.3. The van der Waals surface area contributed by atoms with E-state index in [0.29, 0.717) is 13.0 Å². The monoisotopic (exact) mass is 264 g/mol. The molecule has 4 nitrogen and oxygen atoms in total. The van der Waals surface area contributed by atoms with Gasteiger partial charge < -0.3 is 10.2 Å². The summed E-state index contributed by atoms with van der Waals surface area (Å²) >= 11 is 0. The lowest BCUT2D eigenvalue weighted by Gasteiger charge is -2.35. The zero-order valence-corrected chi connectivity index (χ0v) is 10.9. The molecule has 1 saturated heterocycles. The molecule has 1 aliphatic heterocycles. The Morgan fingerprint density at radius 2 is 2.00 bits per heavy atom. The molecular formula is C14H17FN2O2. The van der Waals surface area contributed by atoms with Crippen LogP contribution in [0.2, 0.25) is 0 Å². The summed E-state index contributed by atoms with van der Waals surface area (Å²) in [6.07, 6.45) is 1.46. The fraction of sp³-hybridized carbons (Fsp3) is 0.429. The molecule has 102 valence electrons. The Morgan fingerprint density at radius 3 is 2.63 bits per heavy atom. The number of amides is 2. The van der Waals surface area contributed by atoms with Gasteiger partial charge in [-0.05, 0) is 24.1 Å². The molecule has 0 aliphatic carbocycles. The molecule has 5 heteroatoms. The van der Waals surface area contributed by atoms with Gasteiger partial charge in [0.25, 0.3) is 0 Å². The molecule has 1 heterocycles. The van der Waals surface area contributed by atoms with Gasteiger partial charge >= 0.3 is 0 Å². The Bertz CT molecular complexity index is 473. The number of carbonyl (C=O) groups is 2. The van der Waals surface area contributed by atoms with Crippen molar-refractivity contribution < 1.29 is 14.0 Å². The number of benzene rings is 1. The maximum Gasteiger partial charge on any atom is 0.243 e. The number of nitrogens with zero attached hydrogens (tertiary/aromatic N) is 1. The first-order valence-corrected chi connectivity index (χ1v) is 6.43. The second kappa shape index (κ2) is 5.82. The van der Waals surface area contributed by atoms with Gasteiger partial charge in [-0.2, -0.15) is 0 Å². The van der Waals surface area contributed by atoms with Crippen molar-refractivity contribution >= 4 is 11.8 Å². The van der Waals surface area contributed by atoms with Crippen LogP contribution in [0.1, 0.15) is 25.3 Å². The summed E-state index contributed by atoms with van der Waals surface area (Å²) in [6, 6.07) is 5.57. The van der Waals surface area contributed by atoms with Crippen LogP contribution >= 0.6 is 0 Å². The van der Waals surface area contributed by atoms with E-state index >= 15 is 0 Å². The Hall–Kier alpha value is -1.91. The van der Waals surface area contributed by atoms with Crippen LogP contribution in [-0.2, 0) is 16.1 Å². The molecule has 1 atom stereocenters. The van der Waals surface area contributed by atoms with Crippen molar-refractivity contribution in [2.24, 2.45) is 0 Å². The quantitative estimate of drug-likeness (QED) is 0.895.